The van der Waals surface area contributed by atoms with Gasteiger partial charge in [-0.25, -0.2) is 9.78 Å². The summed E-state index contributed by atoms with van der Waals surface area (Å²) < 4.78 is 0. The minimum absolute atomic E-state index is 0.0295. The Kier molecular flexibility index (Phi) is 2.32. The second kappa shape index (κ2) is 3.51. The van der Waals surface area contributed by atoms with Gasteiger partial charge in [0.25, 0.3) is 0 Å². The predicted octanol–water partition coefficient (Wildman–Crippen LogP) is 2.89. The largest absolute Gasteiger partial charge is 0.477 e. The summed E-state index contributed by atoms with van der Waals surface area (Å²) in [5, 5.41) is 10.6. The molecule has 0 amide bonds. The number of aryl methyl sites for hydroxylation is 1. The summed E-state index contributed by atoms with van der Waals surface area (Å²) in [4.78, 5) is 14.6. The zero-order chi connectivity index (χ0) is 11.0. The van der Waals surface area contributed by atoms with E-state index in [2.05, 4.69) is 4.98 Å². The summed E-state index contributed by atoms with van der Waals surface area (Å²) in [6.45, 7) is 1.94. The van der Waals surface area contributed by atoms with E-state index < -0.39 is 5.97 Å². The minimum atomic E-state index is -1.07. The lowest BCUT2D eigenvalue weighted by atomic mass is 10.1. The maximum absolute atomic E-state index is 10.8. The van der Waals surface area contributed by atoms with Gasteiger partial charge >= 0.3 is 5.97 Å². The Labute approximate surface area is 91.3 Å². The first-order valence-corrected chi connectivity index (χ1v) is 4.76. The van der Waals surface area contributed by atoms with E-state index in [9.17, 15) is 4.79 Å². The molecule has 2 aromatic rings. The average Bonchev–Trinajstić information content (AvgIpc) is 2.16. The van der Waals surface area contributed by atoms with Crippen LogP contribution in [0.4, 0.5) is 0 Å². The van der Waals surface area contributed by atoms with Crippen LogP contribution in [0, 0.1) is 6.92 Å². The number of halogens is 1. The van der Waals surface area contributed by atoms with E-state index in [1.54, 1.807) is 0 Å². The van der Waals surface area contributed by atoms with Crippen LogP contribution in [0.15, 0.2) is 24.3 Å². The van der Waals surface area contributed by atoms with Gasteiger partial charge < -0.3 is 5.11 Å². The number of carboxylic acid groups (broad SMARTS) is 1. The van der Waals surface area contributed by atoms with Crippen molar-refractivity contribution in [2.24, 2.45) is 0 Å². The van der Waals surface area contributed by atoms with Crippen molar-refractivity contribution in [3.63, 3.8) is 0 Å². The van der Waals surface area contributed by atoms with Crippen LogP contribution in [-0.4, -0.2) is 16.1 Å². The first kappa shape index (κ1) is 9.93. The van der Waals surface area contributed by atoms with Crippen molar-refractivity contribution in [2.75, 3.05) is 0 Å². The molecule has 0 bridgehead atoms. The van der Waals surface area contributed by atoms with Gasteiger partial charge in [0.15, 0.2) is 5.69 Å². The fourth-order valence-electron chi connectivity index (χ4n) is 1.44. The Bertz CT molecular complexity index is 552. The van der Waals surface area contributed by atoms with Crippen LogP contribution < -0.4 is 0 Å². The molecule has 0 aliphatic heterocycles. The maximum Gasteiger partial charge on any atom is 0.354 e. The number of rotatable bonds is 1. The summed E-state index contributed by atoms with van der Waals surface area (Å²) in [6.07, 6.45) is 0. The number of hydrogen-bond acceptors (Lipinski definition) is 2. The second-order valence-corrected chi connectivity index (χ2v) is 3.69. The molecule has 0 saturated heterocycles. The number of fused-ring (bicyclic) bond motifs is 1. The topological polar surface area (TPSA) is 50.2 Å². The molecule has 76 valence electrons. The van der Waals surface area contributed by atoms with Gasteiger partial charge in [-0.15, -0.1) is 0 Å². The molecule has 0 aliphatic carbocycles. The van der Waals surface area contributed by atoms with Gasteiger partial charge in [0, 0.05) is 5.39 Å². The average molecular weight is 222 g/mol. The van der Waals surface area contributed by atoms with Gasteiger partial charge in [-0.2, -0.15) is 0 Å². The molecule has 1 N–H and O–H groups in total. The molecule has 0 spiro atoms. The van der Waals surface area contributed by atoms with Gasteiger partial charge in [-0.3, -0.25) is 0 Å². The molecular weight excluding hydrogens is 214 g/mol. The molecule has 2 rings (SSSR count). The zero-order valence-corrected chi connectivity index (χ0v) is 8.75. The first-order chi connectivity index (χ1) is 7.08. The number of aromatic carboxylic acids is 1. The molecule has 0 unspecified atom stereocenters. The smallest absolute Gasteiger partial charge is 0.354 e. The molecule has 1 aromatic carbocycles. The van der Waals surface area contributed by atoms with E-state index in [0.29, 0.717) is 0 Å². The Morgan fingerprint density at radius 2 is 2.13 bits per heavy atom. The number of hydrogen-bond donors (Lipinski definition) is 1. The van der Waals surface area contributed by atoms with E-state index in [1.807, 2.05) is 25.1 Å². The van der Waals surface area contributed by atoms with E-state index in [-0.39, 0.29) is 10.8 Å². The summed E-state index contributed by atoms with van der Waals surface area (Å²) in [7, 11) is 0. The van der Waals surface area contributed by atoms with Gasteiger partial charge in [0.05, 0.1) is 0 Å². The first-order valence-electron chi connectivity index (χ1n) is 4.38. The van der Waals surface area contributed by atoms with Crippen LogP contribution in [0.25, 0.3) is 10.8 Å². The third-order valence-corrected chi connectivity index (χ3v) is 2.45. The Balaban J connectivity index is 2.79. The molecule has 4 heteroatoms. The van der Waals surface area contributed by atoms with Crippen LogP contribution in [0.1, 0.15) is 16.1 Å². The summed E-state index contributed by atoms with van der Waals surface area (Å²) in [6, 6.07) is 7.16. The Morgan fingerprint density at radius 1 is 1.40 bits per heavy atom. The highest BCUT2D eigenvalue weighted by molar-refractivity contribution is 6.34. The molecule has 0 saturated carbocycles. The van der Waals surface area contributed by atoms with Crippen molar-refractivity contribution in [3.05, 3.63) is 40.7 Å². The molecule has 0 fully saturated rings. The molecular formula is C11H8ClNO2. The van der Waals surface area contributed by atoms with Crippen molar-refractivity contribution in [1.82, 2.24) is 4.98 Å². The number of nitrogens with zero attached hydrogens (tertiary/aromatic N) is 1. The monoisotopic (exact) mass is 221 g/mol. The lowest BCUT2D eigenvalue weighted by Crippen LogP contribution is -2.00. The summed E-state index contributed by atoms with van der Waals surface area (Å²) in [5.74, 6) is -1.07. The van der Waals surface area contributed by atoms with Crippen molar-refractivity contribution >= 4 is 28.3 Å². The summed E-state index contributed by atoms with van der Waals surface area (Å²) >= 11 is 5.88. The predicted molar refractivity (Wildman–Crippen MR) is 58.4 cm³/mol. The van der Waals surface area contributed by atoms with E-state index in [0.717, 1.165) is 16.3 Å². The van der Waals surface area contributed by atoms with E-state index >= 15 is 0 Å². The van der Waals surface area contributed by atoms with E-state index in [4.69, 9.17) is 16.7 Å². The Hall–Kier alpha value is -1.61. The number of aromatic nitrogens is 1. The number of carbonyl (C=O) groups is 1. The number of pyridine rings is 1. The third-order valence-electron chi connectivity index (χ3n) is 2.16. The molecule has 0 atom stereocenters. The SMILES string of the molecule is Cc1ccc2c(Cl)nc(C(=O)O)cc2c1. The van der Waals surface area contributed by atoms with Crippen molar-refractivity contribution in [1.29, 1.82) is 0 Å². The van der Waals surface area contributed by atoms with Crippen LogP contribution >= 0.6 is 11.6 Å². The number of benzene rings is 1. The highest BCUT2D eigenvalue weighted by Crippen LogP contribution is 2.23. The van der Waals surface area contributed by atoms with Gasteiger partial charge in [-0.1, -0.05) is 35.4 Å². The quantitative estimate of drug-likeness (QED) is 0.754. The third kappa shape index (κ3) is 1.78. The van der Waals surface area contributed by atoms with Gasteiger partial charge in [0.2, 0.25) is 0 Å². The van der Waals surface area contributed by atoms with Crippen LogP contribution in [0.3, 0.4) is 0 Å². The minimum Gasteiger partial charge on any atom is -0.477 e. The lowest BCUT2D eigenvalue weighted by Gasteiger charge is -2.02. The van der Waals surface area contributed by atoms with Gasteiger partial charge in [0.1, 0.15) is 5.15 Å². The van der Waals surface area contributed by atoms with Crippen molar-refractivity contribution in [2.45, 2.75) is 6.92 Å². The van der Waals surface area contributed by atoms with Crippen LogP contribution in [-0.2, 0) is 0 Å². The molecule has 0 radical (unpaired) electrons. The summed E-state index contributed by atoms with van der Waals surface area (Å²) in [5.41, 5.74) is 1.03. The molecule has 1 heterocycles. The fourth-order valence-corrected chi connectivity index (χ4v) is 1.71. The highest BCUT2D eigenvalue weighted by Gasteiger charge is 2.09. The highest BCUT2D eigenvalue weighted by atomic mass is 35.5. The van der Waals surface area contributed by atoms with Crippen LogP contribution in [0.2, 0.25) is 5.15 Å². The van der Waals surface area contributed by atoms with Crippen LogP contribution in [0.5, 0.6) is 0 Å². The molecule has 0 aliphatic rings. The molecule has 3 nitrogen and oxygen atoms in total. The Morgan fingerprint density at radius 3 is 2.80 bits per heavy atom. The van der Waals surface area contributed by atoms with Crippen molar-refractivity contribution in [3.8, 4) is 0 Å². The normalized spacial score (nSPS) is 10.5. The lowest BCUT2D eigenvalue weighted by molar-refractivity contribution is 0.0690. The van der Waals surface area contributed by atoms with Crippen molar-refractivity contribution < 1.29 is 9.90 Å². The standard InChI is InChI=1S/C11H8ClNO2/c1-6-2-3-8-7(4-6)5-9(11(14)15)13-10(8)12/h2-5H,1H3,(H,14,15). The molecule has 15 heavy (non-hydrogen) atoms. The molecule has 1 aromatic heterocycles. The zero-order valence-electron chi connectivity index (χ0n) is 7.99. The fraction of sp³-hybridized carbons (Fsp3) is 0.0909. The number of carboxylic acids is 1. The maximum atomic E-state index is 10.8. The second-order valence-electron chi connectivity index (χ2n) is 3.33. The van der Waals surface area contributed by atoms with E-state index in [1.165, 1.54) is 6.07 Å². The van der Waals surface area contributed by atoms with Gasteiger partial charge in [-0.05, 0) is 18.4 Å².